The summed E-state index contributed by atoms with van der Waals surface area (Å²) in [5.74, 6) is -0.220. The van der Waals surface area contributed by atoms with Crippen molar-refractivity contribution in [3.63, 3.8) is 0 Å². The Morgan fingerprint density at radius 1 is 1.08 bits per heavy atom. The van der Waals surface area contributed by atoms with E-state index < -0.39 is 11.6 Å². The summed E-state index contributed by atoms with van der Waals surface area (Å²) in [6.07, 6.45) is 2.53. The fraction of sp³-hybridized carbons (Fsp3) is 0.552. The van der Waals surface area contributed by atoms with Gasteiger partial charge in [-0.2, -0.15) is 0 Å². The molecule has 1 fully saturated rings. The molecule has 0 radical (unpaired) electrons. The Labute approximate surface area is 233 Å². The minimum Gasteiger partial charge on any atom is -0.465 e. The molecule has 1 aliphatic rings. The zero-order valence-corrected chi connectivity index (χ0v) is 25.2. The molecule has 1 aromatic carbocycles. The molecule has 0 unspecified atom stereocenters. The van der Waals surface area contributed by atoms with E-state index in [0.717, 1.165) is 59.2 Å². The van der Waals surface area contributed by atoms with Crippen molar-refractivity contribution >= 4 is 33.6 Å². The van der Waals surface area contributed by atoms with Gasteiger partial charge in [-0.1, -0.05) is 6.07 Å². The van der Waals surface area contributed by atoms with Crippen LogP contribution >= 0.6 is 15.9 Å². The van der Waals surface area contributed by atoms with Crippen molar-refractivity contribution in [3.05, 3.63) is 61.0 Å². The topological polar surface area (TPSA) is 106 Å². The minimum absolute atomic E-state index is 0.00841. The summed E-state index contributed by atoms with van der Waals surface area (Å²) in [7, 11) is 0. The normalized spacial score (nSPS) is 17.7. The zero-order valence-electron chi connectivity index (χ0n) is 23.6. The lowest BCUT2D eigenvalue weighted by Gasteiger charge is -2.45. The molecular weight excluding hydrogens is 548 g/mol. The Morgan fingerprint density at radius 3 is 2.24 bits per heavy atom. The molecule has 1 heterocycles. The molecule has 38 heavy (non-hydrogen) atoms. The van der Waals surface area contributed by atoms with Gasteiger partial charge in [0.25, 0.3) is 11.5 Å². The number of carbonyl (C=O) groups is 2. The van der Waals surface area contributed by atoms with Crippen molar-refractivity contribution in [2.75, 3.05) is 11.4 Å². The first-order valence-electron chi connectivity index (χ1n) is 13.3. The van der Waals surface area contributed by atoms with E-state index in [1.807, 2.05) is 59.7 Å². The second-order valence-corrected chi connectivity index (χ2v) is 12.0. The van der Waals surface area contributed by atoms with Gasteiger partial charge in [0.15, 0.2) is 0 Å². The standard InChI is InChI=1S/C29H41BrN4O4/c1-8-33(20-12-14-21(15-13-20)34(28(37)38)29(5,6)7)24-11-9-10-22(17(24)2)26(35)31-16-23-18(3)25(30)19(4)32-27(23)36/h9-11,20-21H,8,12-16H2,1-7H3,(H,31,35)(H,32,36)(H,37,38)/t20-,21-. The average molecular weight is 590 g/mol. The number of hydrogen-bond donors (Lipinski definition) is 3. The van der Waals surface area contributed by atoms with Gasteiger partial charge in [0, 0.05) is 57.7 Å². The van der Waals surface area contributed by atoms with Crippen LogP contribution in [0.3, 0.4) is 0 Å². The molecule has 3 N–H and O–H groups in total. The number of nitrogens with zero attached hydrogens (tertiary/aromatic N) is 2. The number of hydrogen-bond acceptors (Lipinski definition) is 4. The molecule has 2 aromatic rings. The number of amides is 2. The van der Waals surface area contributed by atoms with Gasteiger partial charge in [-0.15, -0.1) is 0 Å². The number of nitrogens with one attached hydrogen (secondary N) is 2. The SMILES string of the molecule is CCN(c1cccc(C(=O)NCc2c(C)c(Br)c(C)[nH]c2=O)c1C)[C@H]1CC[C@H](N(C(=O)O)C(C)(C)C)CC1. The summed E-state index contributed by atoms with van der Waals surface area (Å²) in [5.41, 5.74) is 3.96. The van der Waals surface area contributed by atoms with Gasteiger partial charge < -0.3 is 25.2 Å². The van der Waals surface area contributed by atoms with Crippen molar-refractivity contribution in [2.24, 2.45) is 0 Å². The van der Waals surface area contributed by atoms with Crippen LogP contribution in [-0.4, -0.2) is 51.2 Å². The first-order valence-corrected chi connectivity index (χ1v) is 14.1. The first kappa shape index (κ1) is 29.7. The van der Waals surface area contributed by atoms with Crippen LogP contribution in [0.1, 0.15) is 86.1 Å². The Kier molecular flexibility index (Phi) is 9.34. The maximum atomic E-state index is 13.2. The third-order valence-corrected chi connectivity index (χ3v) is 8.90. The highest BCUT2D eigenvalue weighted by molar-refractivity contribution is 9.10. The number of benzene rings is 1. The van der Waals surface area contributed by atoms with Crippen LogP contribution in [0.5, 0.6) is 0 Å². The molecule has 0 saturated heterocycles. The Morgan fingerprint density at radius 2 is 1.68 bits per heavy atom. The number of halogens is 1. The summed E-state index contributed by atoms with van der Waals surface area (Å²) in [6, 6.07) is 6.04. The molecule has 0 atom stereocenters. The molecule has 1 aliphatic carbocycles. The fourth-order valence-corrected chi connectivity index (χ4v) is 6.12. The summed E-state index contributed by atoms with van der Waals surface area (Å²) in [5, 5.41) is 12.7. The molecule has 0 spiro atoms. The molecule has 1 saturated carbocycles. The number of pyridine rings is 1. The molecular formula is C29H41BrN4O4. The summed E-state index contributed by atoms with van der Waals surface area (Å²) in [4.78, 5) is 44.4. The highest BCUT2D eigenvalue weighted by Crippen LogP contribution is 2.34. The van der Waals surface area contributed by atoms with Gasteiger partial charge in [-0.05, 0) is 113 Å². The second-order valence-electron chi connectivity index (χ2n) is 11.2. The van der Waals surface area contributed by atoms with Crippen LogP contribution in [0.4, 0.5) is 10.5 Å². The van der Waals surface area contributed by atoms with Gasteiger partial charge in [0.05, 0.1) is 0 Å². The van der Waals surface area contributed by atoms with E-state index in [1.165, 1.54) is 0 Å². The van der Waals surface area contributed by atoms with Gasteiger partial charge in [-0.3, -0.25) is 9.59 Å². The lowest BCUT2D eigenvalue weighted by atomic mass is 9.86. The monoisotopic (exact) mass is 588 g/mol. The number of aromatic nitrogens is 1. The van der Waals surface area contributed by atoms with E-state index in [9.17, 15) is 19.5 Å². The molecule has 3 rings (SSSR count). The molecule has 9 heteroatoms. The van der Waals surface area contributed by atoms with E-state index in [-0.39, 0.29) is 30.1 Å². The Bertz CT molecular complexity index is 1240. The van der Waals surface area contributed by atoms with Crippen LogP contribution in [0.15, 0.2) is 27.5 Å². The fourth-order valence-electron chi connectivity index (χ4n) is 5.79. The van der Waals surface area contributed by atoms with Crippen molar-refractivity contribution < 1.29 is 14.7 Å². The number of carboxylic acid groups (broad SMARTS) is 1. The molecule has 208 valence electrons. The van der Waals surface area contributed by atoms with E-state index >= 15 is 0 Å². The molecule has 2 amide bonds. The number of carbonyl (C=O) groups excluding carboxylic acids is 1. The summed E-state index contributed by atoms with van der Waals surface area (Å²) < 4.78 is 0.835. The third-order valence-electron chi connectivity index (χ3n) is 7.71. The van der Waals surface area contributed by atoms with Crippen LogP contribution in [0, 0.1) is 20.8 Å². The van der Waals surface area contributed by atoms with Crippen LogP contribution in [0.25, 0.3) is 0 Å². The third kappa shape index (κ3) is 6.25. The predicted octanol–water partition coefficient (Wildman–Crippen LogP) is 5.91. The van der Waals surface area contributed by atoms with Gasteiger partial charge in [0.1, 0.15) is 0 Å². The van der Waals surface area contributed by atoms with Gasteiger partial charge in [-0.25, -0.2) is 4.79 Å². The highest BCUT2D eigenvalue weighted by Gasteiger charge is 2.37. The lowest BCUT2D eigenvalue weighted by Crippen LogP contribution is -2.53. The number of aromatic amines is 1. The van der Waals surface area contributed by atoms with Gasteiger partial charge in [0.2, 0.25) is 0 Å². The second kappa shape index (κ2) is 11.9. The maximum Gasteiger partial charge on any atom is 0.407 e. The van der Waals surface area contributed by atoms with E-state index in [2.05, 4.69) is 38.1 Å². The highest BCUT2D eigenvalue weighted by atomic mass is 79.9. The number of rotatable bonds is 7. The number of anilines is 1. The molecule has 0 aliphatic heterocycles. The van der Waals surface area contributed by atoms with E-state index in [1.54, 1.807) is 4.90 Å². The Balaban J connectivity index is 1.76. The predicted molar refractivity (Wildman–Crippen MR) is 155 cm³/mol. The van der Waals surface area contributed by atoms with E-state index in [4.69, 9.17) is 0 Å². The van der Waals surface area contributed by atoms with E-state index in [0.29, 0.717) is 11.1 Å². The van der Waals surface area contributed by atoms with Crippen LogP contribution in [-0.2, 0) is 6.54 Å². The van der Waals surface area contributed by atoms with Crippen molar-refractivity contribution in [1.29, 1.82) is 0 Å². The average Bonchev–Trinajstić information content (AvgIpc) is 2.83. The molecule has 0 bridgehead atoms. The van der Waals surface area contributed by atoms with Crippen molar-refractivity contribution in [1.82, 2.24) is 15.2 Å². The van der Waals surface area contributed by atoms with Crippen LogP contribution in [0.2, 0.25) is 0 Å². The molecule has 1 aromatic heterocycles. The van der Waals surface area contributed by atoms with Gasteiger partial charge >= 0.3 is 6.09 Å². The Hall–Kier alpha value is -2.81. The molecule has 8 nitrogen and oxygen atoms in total. The smallest absolute Gasteiger partial charge is 0.407 e. The summed E-state index contributed by atoms with van der Waals surface area (Å²) in [6.45, 7) is 14.5. The largest absolute Gasteiger partial charge is 0.465 e. The quantitative estimate of drug-likeness (QED) is 0.373. The maximum absolute atomic E-state index is 13.2. The number of aryl methyl sites for hydroxylation is 1. The summed E-state index contributed by atoms with van der Waals surface area (Å²) >= 11 is 3.51. The van der Waals surface area contributed by atoms with Crippen molar-refractivity contribution in [2.45, 2.75) is 98.3 Å². The van der Waals surface area contributed by atoms with Crippen molar-refractivity contribution in [3.8, 4) is 0 Å². The first-order chi connectivity index (χ1) is 17.8. The van der Waals surface area contributed by atoms with Crippen LogP contribution < -0.4 is 15.8 Å². The lowest BCUT2D eigenvalue weighted by molar-refractivity contribution is 0.0545. The minimum atomic E-state index is -0.863. The number of H-pyrrole nitrogens is 1. The zero-order chi connectivity index (χ0) is 28.4.